The Kier molecular flexibility index (Phi) is 10.5. The fourth-order valence-corrected chi connectivity index (χ4v) is 4.96. The molecule has 1 saturated carbocycles. The van der Waals surface area contributed by atoms with E-state index in [4.69, 9.17) is 19.9 Å². The van der Waals surface area contributed by atoms with Gasteiger partial charge in [-0.1, -0.05) is 84.9 Å². The average Bonchev–Trinajstić information content (AvgIpc) is 3.28. The number of hydrogen-bond donors (Lipinski definition) is 1. The van der Waals surface area contributed by atoms with Crippen LogP contribution in [-0.2, 0) is 25.6 Å². The highest BCUT2D eigenvalue weighted by Crippen LogP contribution is 2.34. The Balaban J connectivity index is 1.38. The lowest BCUT2D eigenvalue weighted by molar-refractivity contribution is -0.140. The van der Waals surface area contributed by atoms with Gasteiger partial charge in [0.05, 0.1) is 25.4 Å². The summed E-state index contributed by atoms with van der Waals surface area (Å²) in [5, 5.41) is 0. The molecule has 1 aliphatic carbocycles. The van der Waals surface area contributed by atoms with Crippen molar-refractivity contribution in [3.63, 3.8) is 0 Å². The molecular weight excluding hydrogens is 490 g/mol. The zero-order valence-electron chi connectivity index (χ0n) is 22.4. The zero-order valence-corrected chi connectivity index (χ0v) is 22.4. The van der Waals surface area contributed by atoms with Crippen LogP contribution in [0, 0.1) is 5.92 Å². The van der Waals surface area contributed by atoms with Crippen LogP contribution in [0.5, 0.6) is 0 Å². The number of esters is 2. The predicted octanol–water partition coefficient (Wildman–Crippen LogP) is 6.10. The van der Waals surface area contributed by atoms with Crippen LogP contribution in [0.3, 0.4) is 0 Å². The van der Waals surface area contributed by atoms with Crippen molar-refractivity contribution in [2.24, 2.45) is 11.7 Å². The molecule has 6 nitrogen and oxygen atoms in total. The molecule has 3 aromatic carbocycles. The van der Waals surface area contributed by atoms with Gasteiger partial charge in [-0.15, -0.1) is 0 Å². The minimum atomic E-state index is -0.430. The van der Waals surface area contributed by atoms with E-state index in [2.05, 4.69) is 48.6 Å². The Bertz CT molecular complexity index is 1210. The fraction of sp³-hybridized carbons (Fsp3) is 0.333. The number of nitrogens with two attached hydrogens (primary N) is 1. The summed E-state index contributed by atoms with van der Waals surface area (Å²) >= 11 is 0. The van der Waals surface area contributed by atoms with Crippen molar-refractivity contribution in [2.45, 2.75) is 57.0 Å². The molecule has 0 saturated heterocycles. The molecular formula is C33H37NO5. The summed E-state index contributed by atoms with van der Waals surface area (Å²) in [6.07, 6.45) is 6.74. The van der Waals surface area contributed by atoms with Crippen molar-refractivity contribution in [2.75, 3.05) is 7.11 Å². The molecule has 0 spiro atoms. The van der Waals surface area contributed by atoms with Crippen LogP contribution in [0.4, 0.5) is 0 Å². The van der Waals surface area contributed by atoms with E-state index in [1.54, 1.807) is 12.1 Å². The van der Waals surface area contributed by atoms with E-state index in [9.17, 15) is 9.59 Å². The standard InChI is InChI=1S/C33H37NO5/c1-37-31(35)17-11-3-2-10-16-28-29(22-30(32(28)34)39-33(36)27-14-8-5-9-15-27)38-23-24-18-20-26(21-19-24)25-12-6-4-7-13-25/h2,4-10,12-15,18-21,28-30,32H,3,11,16-17,22-23,34H2,1H3/t28-,29-,30+,32?/m0/s1. The molecule has 204 valence electrons. The van der Waals surface area contributed by atoms with Gasteiger partial charge in [0, 0.05) is 24.8 Å². The number of hydrogen-bond acceptors (Lipinski definition) is 6. The Hall–Kier alpha value is -3.74. The molecule has 4 rings (SSSR count). The normalized spacial score (nSPS) is 20.7. The first kappa shape index (κ1) is 28.3. The smallest absolute Gasteiger partial charge is 0.338 e. The Labute approximate surface area is 230 Å². The number of ether oxygens (including phenoxy) is 3. The maximum Gasteiger partial charge on any atom is 0.338 e. The fourth-order valence-electron chi connectivity index (χ4n) is 4.96. The van der Waals surface area contributed by atoms with Crippen LogP contribution < -0.4 is 5.73 Å². The van der Waals surface area contributed by atoms with Gasteiger partial charge in [-0.25, -0.2) is 4.79 Å². The van der Waals surface area contributed by atoms with E-state index >= 15 is 0 Å². The first-order valence-corrected chi connectivity index (χ1v) is 13.5. The van der Waals surface area contributed by atoms with Crippen LogP contribution in [0.1, 0.15) is 48.0 Å². The number of carbonyl (C=O) groups is 2. The lowest BCUT2D eigenvalue weighted by atomic mass is 9.97. The van der Waals surface area contributed by atoms with E-state index in [0.717, 1.165) is 24.0 Å². The quantitative estimate of drug-likeness (QED) is 0.174. The molecule has 1 unspecified atom stereocenters. The maximum atomic E-state index is 12.7. The summed E-state index contributed by atoms with van der Waals surface area (Å²) in [5.74, 6) is -0.570. The monoisotopic (exact) mass is 527 g/mol. The molecule has 1 fully saturated rings. The van der Waals surface area contributed by atoms with Gasteiger partial charge in [0.25, 0.3) is 0 Å². The van der Waals surface area contributed by atoms with E-state index < -0.39 is 6.10 Å². The van der Waals surface area contributed by atoms with Gasteiger partial charge in [-0.2, -0.15) is 0 Å². The van der Waals surface area contributed by atoms with Crippen LogP contribution in [0.25, 0.3) is 11.1 Å². The van der Waals surface area contributed by atoms with Gasteiger partial charge in [0.1, 0.15) is 6.10 Å². The number of benzene rings is 3. The first-order chi connectivity index (χ1) is 19.0. The largest absolute Gasteiger partial charge is 0.469 e. The summed E-state index contributed by atoms with van der Waals surface area (Å²) in [4.78, 5) is 24.1. The molecule has 3 aromatic rings. The topological polar surface area (TPSA) is 87.9 Å². The number of methoxy groups -OCH3 is 1. The minimum Gasteiger partial charge on any atom is -0.469 e. The molecule has 6 heteroatoms. The van der Waals surface area contributed by atoms with E-state index in [1.165, 1.54) is 12.7 Å². The van der Waals surface area contributed by atoms with Gasteiger partial charge in [-0.05, 0) is 48.1 Å². The molecule has 2 N–H and O–H groups in total. The van der Waals surface area contributed by atoms with Crippen LogP contribution in [-0.4, -0.2) is 37.3 Å². The first-order valence-electron chi connectivity index (χ1n) is 13.5. The number of unbranched alkanes of at least 4 members (excludes halogenated alkanes) is 1. The third kappa shape index (κ3) is 8.12. The van der Waals surface area contributed by atoms with Gasteiger partial charge in [0.15, 0.2) is 0 Å². The Morgan fingerprint density at radius 2 is 1.54 bits per heavy atom. The number of carbonyl (C=O) groups excluding carboxylic acids is 2. The van der Waals surface area contributed by atoms with E-state index in [-0.39, 0.29) is 30.0 Å². The Morgan fingerprint density at radius 1 is 0.872 bits per heavy atom. The third-order valence-electron chi connectivity index (χ3n) is 7.21. The molecule has 0 amide bonds. The molecule has 39 heavy (non-hydrogen) atoms. The highest BCUT2D eigenvalue weighted by molar-refractivity contribution is 5.89. The maximum absolute atomic E-state index is 12.7. The van der Waals surface area contributed by atoms with Gasteiger partial charge < -0.3 is 19.9 Å². The summed E-state index contributed by atoms with van der Waals surface area (Å²) in [6, 6.07) is 27.3. The zero-order chi connectivity index (χ0) is 27.5. The highest BCUT2D eigenvalue weighted by atomic mass is 16.5. The van der Waals surface area contributed by atoms with Crippen LogP contribution in [0.15, 0.2) is 97.1 Å². The van der Waals surface area contributed by atoms with E-state index in [0.29, 0.717) is 31.4 Å². The van der Waals surface area contributed by atoms with Gasteiger partial charge >= 0.3 is 11.9 Å². The van der Waals surface area contributed by atoms with Gasteiger partial charge in [0.2, 0.25) is 0 Å². The lowest BCUT2D eigenvalue weighted by Gasteiger charge is -2.22. The second-order valence-electron chi connectivity index (χ2n) is 9.87. The van der Waals surface area contributed by atoms with Crippen molar-refractivity contribution in [1.82, 2.24) is 0 Å². The molecule has 0 bridgehead atoms. The molecule has 0 heterocycles. The predicted molar refractivity (Wildman–Crippen MR) is 152 cm³/mol. The lowest BCUT2D eigenvalue weighted by Crippen LogP contribution is -2.38. The SMILES string of the molecule is COC(=O)CCCC=CC[C@@H]1C(N)[C@H](OC(=O)c2ccccc2)C[C@@H]1OCc1ccc(-c2ccccc2)cc1. The molecule has 1 aliphatic rings. The van der Waals surface area contributed by atoms with Crippen molar-refractivity contribution in [1.29, 1.82) is 0 Å². The van der Waals surface area contributed by atoms with Crippen LogP contribution in [0.2, 0.25) is 0 Å². The van der Waals surface area contributed by atoms with Crippen molar-refractivity contribution >= 4 is 11.9 Å². The third-order valence-corrected chi connectivity index (χ3v) is 7.21. The van der Waals surface area contributed by atoms with E-state index in [1.807, 2.05) is 36.4 Å². The second-order valence-corrected chi connectivity index (χ2v) is 9.87. The average molecular weight is 528 g/mol. The second kappa shape index (κ2) is 14.4. The number of allylic oxidation sites excluding steroid dienone is 2. The number of rotatable bonds is 12. The molecule has 0 radical (unpaired) electrons. The molecule has 4 atom stereocenters. The van der Waals surface area contributed by atoms with Crippen molar-refractivity contribution in [3.05, 3.63) is 108 Å². The summed E-state index contributed by atoms with van der Waals surface area (Å²) < 4.78 is 16.9. The van der Waals surface area contributed by atoms with Crippen molar-refractivity contribution in [3.8, 4) is 11.1 Å². The summed E-state index contributed by atoms with van der Waals surface area (Å²) in [5.41, 5.74) is 10.6. The minimum absolute atomic E-state index is 0.000905. The van der Waals surface area contributed by atoms with Gasteiger partial charge in [-0.3, -0.25) is 4.79 Å². The van der Waals surface area contributed by atoms with Crippen LogP contribution >= 0.6 is 0 Å². The van der Waals surface area contributed by atoms with Crippen molar-refractivity contribution < 1.29 is 23.8 Å². The molecule has 0 aliphatic heterocycles. The summed E-state index contributed by atoms with van der Waals surface area (Å²) in [6.45, 7) is 0.450. The highest BCUT2D eigenvalue weighted by Gasteiger charge is 2.43. The Morgan fingerprint density at radius 3 is 2.23 bits per heavy atom. The summed E-state index contributed by atoms with van der Waals surface area (Å²) in [7, 11) is 1.40. The molecule has 0 aromatic heterocycles.